The molecule has 6 rings (SSSR count). The summed E-state index contributed by atoms with van der Waals surface area (Å²) in [6.07, 6.45) is 19.1. The van der Waals surface area contributed by atoms with Crippen molar-refractivity contribution in [2.75, 3.05) is 86.7 Å². The van der Waals surface area contributed by atoms with Gasteiger partial charge in [0.1, 0.15) is 11.6 Å². The van der Waals surface area contributed by atoms with Crippen molar-refractivity contribution in [2.45, 2.75) is 114 Å². The molecule has 2 heterocycles. The molecule has 1 aromatic carbocycles. The van der Waals surface area contributed by atoms with Gasteiger partial charge in [0.2, 0.25) is 0 Å². The molecular formula is C40H69FN4O3. The van der Waals surface area contributed by atoms with Crippen LogP contribution in [-0.2, 0) is 5.60 Å². The maximum absolute atomic E-state index is 14.0. The van der Waals surface area contributed by atoms with Crippen LogP contribution in [0.15, 0.2) is 18.2 Å². The first-order valence-corrected chi connectivity index (χ1v) is 19.8. The van der Waals surface area contributed by atoms with Crippen LogP contribution in [0.2, 0.25) is 0 Å². The van der Waals surface area contributed by atoms with E-state index in [1.165, 1.54) is 96.1 Å². The standard InChI is InChI=1S/C20H31FN2O2.C20H38N2O/c1-22-10-12-23(13-11-22)15-16-6-4-3-5-9-20(16,24)18-14-17(21)7-8-19(18)25-2;1-21-12-14-22(15-13-21)17-19-10-6-3-7-11-20(19,23)16-18-8-4-2-5-9-18/h7-8,14,16,24H,3-6,9-13,15H2,1-2H3;18-19,23H,2-17H2,1H3. The molecule has 3 aliphatic carbocycles. The lowest BCUT2D eigenvalue weighted by Gasteiger charge is -2.42. The van der Waals surface area contributed by atoms with Crippen molar-refractivity contribution in [3.63, 3.8) is 0 Å². The van der Waals surface area contributed by atoms with Crippen LogP contribution in [0.5, 0.6) is 5.75 Å². The highest BCUT2D eigenvalue weighted by molar-refractivity contribution is 5.39. The van der Waals surface area contributed by atoms with E-state index in [1.54, 1.807) is 13.2 Å². The van der Waals surface area contributed by atoms with Crippen LogP contribution in [-0.4, -0.2) is 122 Å². The van der Waals surface area contributed by atoms with Crippen LogP contribution in [0.1, 0.15) is 108 Å². The van der Waals surface area contributed by atoms with Crippen LogP contribution in [0.4, 0.5) is 4.39 Å². The number of piperazine rings is 2. The average Bonchev–Trinajstić information content (AvgIpc) is 3.39. The summed E-state index contributed by atoms with van der Waals surface area (Å²) in [6, 6.07) is 4.51. The Morgan fingerprint density at radius 2 is 1.21 bits per heavy atom. The molecule has 1 aromatic rings. The summed E-state index contributed by atoms with van der Waals surface area (Å²) in [5, 5.41) is 23.3. The van der Waals surface area contributed by atoms with E-state index in [0.717, 1.165) is 83.7 Å². The highest BCUT2D eigenvalue weighted by Crippen LogP contribution is 2.45. The smallest absolute Gasteiger partial charge is 0.125 e. The number of ether oxygens (including phenoxy) is 1. The molecule has 3 saturated carbocycles. The second kappa shape index (κ2) is 18.3. The van der Waals surface area contributed by atoms with E-state index >= 15 is 0 Å². The van der Waals surface area contributed by atoms with Crippen molar-refractivity contribution in [1.29, 1.82) is 0 Å². The topological polar surface area (TPSA) is 62.7 Å². The van der Waals surface area contributed by atoms with E-state index < -0.39 is 5.60 Å². The van der Waals surface area contributed by atoms with E-state index in [4.69, 9.17) is 4.74 Å². The number of aliphatic hydroxyl groups is 2. The van der Waals surface area contributed by atoms with Crippen molar-refractivity contribution in [2.24, 2.45) is 17.8 Å². The van der Waals surface area contributed by atoms with E-state index in [9.17, 15) is 14.6 Å². The lowest BCUT2D eigenvalue weighted by Crippen LogP contribution is -2.50. The zero-order valence-electron chi connectivity index (χ0n) is 30.8. The fraction of sp³-hybridized carbons (Fsp3) is 0.850. The lowest BCUT2D eigenvalue weighted by atomic mass is 9.73. The SMILES string of the molecule is CN1CCN(CC2CCCCCC2(O)CC2CCCCC2)CC1.COc1ccc(F)cc1C1(O)CCCCCC1CN1CCN(C)CC1. The number of hydrogen-bond donors (Lipinski definition) is 2. The monoisotopic (exact) mass is 673 g/mol. The van der Waals surface area contributed by atoms with Crippen molar-refractivity contribution in [3.05, 3.63) is 29.6 Å². The minimum Gasteiger partial charge on any atom is -0.496 e. The van der Waals surface area contributed by atoms with Crippen LogP contribution in [0, 0.1) is 23.6 Å². The first kappa shape index (κ1) is 38.0. The van der Waals surface area contributed by atoms with E-state index in [0.29, 0.717) is 23.7 Å². The fourth-order valence-electron chi connectivity index (χ4n) is 9.60. The van der Waals surface area contributed by atoms with Gasteiger partial charge in [0.15, 0.2) is 0 Å². The van der Waals surface area contributed by atoms with Gasteiger partial charge in [-0.3, -0.25) is 0 Å². The van der Waals surface area contributed by atoms with Gasteiger partial charge < -0.3 is 34.5 Å². The van der Waals surface area contributed by atoms with E-state index in [1.807, 2.05) is 0 Å². The van der Waals surface area contributed by atoms with E-state index in [-0.39, 0.29) is 17.3 Å². The highest BCUT2D eigenvalue weighted by Gasteiger charge is 2.43. The van der Waals surface area contributed by atoms with Crippen LogP contribution >= 0.6 is 0 Å². The molecule has 48 heavy (non-hydrogen) atoms. The van der Waals surface area contributed by atoms with Gasteiger partial charge in [-0.15, -0.1) is 0 Å². The third-order valence-corrected chi connectivity index (χ3v) is 12.9. The van der Waals surface area contributed by atoms with Gasteiger partial charge in [0.05, 0.1) is 18.3 Å². The van der Waals surface area contributed by atoms with Gasteiger partial charge in [0.25, 0.3) is 0 Å². The zero-order chi connectivity index (χ0) is 34.0. The van der Waals surface area contributed by atoms with Crippen LogP contribution in [0.25, 0.3) is 0 Å². The molecule has 0 bridgehead atoms. The molecule has 274 valence electrons. The molecule has 5 fully saturated rings. The zero-order valence-corrected chi connectivity index (χ0v) is 30.8. The molecule has 0 radical (unpaired) electrons. The minimum atomic E-state index is -1.02. The summed E-state index contributed by atoms with van der Waals surface area (Å²) in [6.45, 7) is 10.9. The number of halogens is 1. The van der Waals surface area contributed by atoms with Gasteiger partial charge in [-0.05, 0) is 70.3 Å². The predicted octanol–water partition coefficient (Wildman–Crippen LogP) is 6.37. The molecule has 5 aliphatic rings. The summed E-state index contributed by atoms with van der Waals surface area (Å²) >= 11 is 0. The Bertz CT molecular complexity index is 1090. The number of likely N-dealkylation sites (N-methyl/N-ethyl adjacent to an activating group) is 2. The normalized spacial score (nSPS) is 32.5. The summed E-state index contributed by atoms with van der Waals surface area (Å²) in [4.78, 5) is 9.85. The number of nitrogens with zero attached hydrogens (tertiary/aromatic N) is 4. The number of rotatable bonds is 8. The maximum atomic E-state index is 14.0. The van der Waals surface area contributed by atoms with Crippen LogP contribution < -0.4 is 4.74 Å². The lowest BCUT2D eigenvalue weighted by molar-refractivity contribution is -0.0612. The summed E-state index contributed by atoms with van der Waals surface area (Å²) < 4.78 is 19.4. The quantitative estimate of drug-likeness (QED) is 0.312. The van der Waals surface area contributed by atoms with Gasteiger partial charge in [-0.2, -0.15) is 0 Å². The molecule has 8 heteroatoms. The molecule has 0 amide bonds. The first-order valence-electron chi connectivity index (χ1n) is 19.8. The summed E-state index contributed by atoms with van der Waals surface area (Å²) in [5.74, 6) is 1.69. The Labute approximate surface area is 292 Å². The van der Waals surface area contributed by atoms with E-state index in [2.05, 4.69) is 33.7 Å². The molecule has 0 spiro atoms. The first-order chi connectivity index (χ1) is 23.2. The second-order valence-electron chi connectivity index (χ2n) is 16.4. The molecule has 4 atom stereocenters. The Morgan fingerprint density at radius 3 is 1.81 bits per heavy atom. The Morgan fingerprint density at radius 1 is 0.688 bits per heavy atom. The highest BCUT2D eigenvalue weighted by atomic mass is 19.1. The fourth-order valence-corrected chi connectivity index (χ4v) is 9.60. The third-order valence-electron chi connectivity index (χ3n) is 12.9. The minimum absolute atomic E-state index is 0.106. The maximum Gasteiger partial charge on any atom is 0.125 e. The predicted molar refractivity (Wildman–Crippen MR) is 194 cm³/mol. The van der Waals surface area contributed by atoms with Gasteiger partial charge >= 0.3 is 0 Å². The molecule has 0 aromatic heterocycles. The number of methoxy groups -OCH3 is 1. The molecule has 2 N–H and O–H groups in total. The molecule has 4 unspecified atom stereocenters. The Kier molecular flexibility index (Phi) is 14.4. The molecular weight excluding hydrogens is 603 g/mol. The van der Waals surface area contributed by atoms with Crippen molar-refractivity contribution >= 4 is 0 Å². The second-order valence-corrected chi connectivity index (χ2v) is 16.4. The third kappa shape index (κ3) is 10.4. The Hall–Kier alpha value is -1.29. The van der Waals surface area contributed by atoms with Crippen LogP contribution in [0.3, 0.4) is 0 Å². The largest absolute Gasteiger partial charge is 0.496 e. The van der Waals surface area contributed by atoms with Gasteiger partial charge in [-0.1, -0.05) is 70.6 Å². The summed E-state index contributed by atoms with van der Waals surface area (Å²) in [5.41, 5.74) is -0.772. The Balaban J connectivity index is 0.000000188. The van der Waals surface area contributed by atoms with Crippen molar-refractivity contribution in [1.82, 2.24) is 19.6 Å². The van der Waals surface area contributed by atoms with Crippen molar-refractivity contribution < 1.29 is 19.3 Å². The summed E-state index contributed by atoms with van der Waals surface area (Å²) in [7, 11) is 5.96. The molecule has 7 nitrogen and oxygen atoms in total. The molecule has 2 aliphatic heterocycles. The number of benzene rings is 1. The van der Waals surface area contributed by atoms with Gasteiger partial charge in [-0.25, -0.2) is 4.39 Å². The average molecular weight is 673 g/mol. The van der Waals surface area contributed by atoms with Crippen molar-refractivity contribution in [3.8, 4) is 5.75 Å². The van der Waals surface area contributed by atoms with Gasteiger partial charge in [0, 0.05) is 82.8 Å². The molecule has 2 saturated heterocycles. The number of hydrogen-bond acceptors (Lipinski definition) is 7.